The molecule has 0 atom stereocenters. The van der Waals surface area contributed by atoms with Crippen molar-refractivity contribution in [3.05, 3.63) is 18.2 Å². The number of sulfonamides is 1. The molecule has 0 bridgehead atoms. The standard InChI is InChI=1S/C21H31N3O4S/c25-21(17-6-5-7-17)22-19-16-18(29(26,27)24-12-14-28-15-13-24)8-9-20(19)23-10-3-1-2-4-11-23/h8-9,16-17H,1-7,10-15H2,(H,22,25). The molecule has 1 aliphatic carbocycles. The molecule has 7 nitrogen and oxygen atoms in total. The Labute approximate surface area is 173 Å². The predicted octanol–water partition coefficient (Wildman–Crippen LogP) is 2.83. The third kappa shape index (κ3) is 4.59. The Bertz CT molecular complexity index is 824. The minimum atomic E-state index is -3.60. The molecule has 4 rings (SSSR count). The van der Waals surface area contributed by atoms with Gasteiger partial charge in [0.1, 0.15) is 0 Å². The van der Waals surface area contributed by atoms with Crippen molar-refractivity contribution in [3.63, 3.8) is 0 Å². The first-order valence-corrected chi connectivity index (χ1v) is 12.3. The fourth-order valence-corrected chi connectivity index (χ4v) is 5.64. The molecule has 1 aromatic carbocycles. The lowest BCUT2D eigenvalue weighted by Crippen LogP contribution is -2.40. The summed E-state index contributed by atoms with van der Waals surface area (Å²) in [6.45, 7) is 3.41. The van der Waals surface area contributed by atoms with E-state index in [0.717, 1.165) is 50.9 Å². The summed E-state index contributed by atoms with van der Waals surface area (Å²) in [7, 11) is -3.60. The molecule has 1 N–H and O–H groups in total. The van der Waals surface area contributed by atoms with Crippen LogP contribution in [0.15, 0.2) is 23.1 Å². The Balaban J connectivity index is 1.64. The van der Waals surface area contributed by atoms with Crippen LogP contribution in [0, 0.1) is 5.92 Å². The number of ether oxygens (including phenoxy) is 1. The zero-order chi connectivity index (χ0) is 20.3. The summed E-state index contributed by atoms with van der Waals surface area (Å²) < 4.78 is 33.0. The van der Waals surface area contributed by atoms with Gasteiger partial charge in [-0.25, -0.2) is 8.42 Å². The maximum absolute atomic E-state index is 13.1. The molecule has 0 unspecified atom stereocenters. The lowest BCUT2D eigenvalue weighted by molar-refractivity contribution is -0.122. The van der Waals surface area contributed by atoms with Gasteiger partial charge in [-0.2, -0.15) is 4.31 Å². The first-order chi connectivity index (χ1) is 14.1. The number of anilines is 2. The van der Waals surface area contributed by atoms with E-state index >= 15 is 0 Å². The van der Waals surface area contributed by atoms with Crippen molar-refractivity contribution in [2.75, 3.05) is 49.6 Å². The van der Waals surface area contributed by atoms with Crippen LogP contribution in [0.25, 0.3) is 0 Å². The summed E-state index contributed by atoms with van der Waals surface area (Å²) in [5.74, 6) is 0.0553. The molecule has 3 aliphatic rings. The van der Waals surface area contributed by atoms with Crippen molar-refractivity contribution >= 4 is 27.3 Å². The summed E-state index contributed by atoms with van der Waals surface area (Å²) in [4.78, 5) is 15.2. The zero-order valence-electron chi connectivity index (χ0n) is 16.9. The van der Waals surface area contributed by atoms with Gasteiger partial charge in [-0.15, -0.1) is 0 Å². The van der Waals surface area contributed by atoms with Crippen LogP contribution in [-0.2, 0) is 19.6 Å². The normalized spacial score (nSPS) is 22.0. The van der Waals surface area contributed by atoms with E-state index < -0.39 is 10.0 Å². The monoisotopic (exact) mass is 421 g/mol. The zero-order valence-corrected chi connectivity index (χ0v) is 17.8. The van der Waals surface area contributed by atoms with Crippen LogP contribution in [0.2, 0.25) is 0 Å². The molecular formula is C21H31N3O4S. The molecular weight excluding hydrogens is 390 g/mol. The van der Waals surface area contributed by atoms with Crippen LogP contribution in [0.1, 0.15) is 44.9 Å². The lowest BCUT2D eigenvalue weighted by Gasteiger charge is -2.30. The van der Waals surface area contributed by atoms with Crippen molar-refractivity contribution < 1.29 is 17.9 Å². The van der Waals surface area contributed by atoms with Crippen LogP contribution in [0.5, 0.6) is 0 Å². The van der Waals surface area contributed by atoms with Crippen molar-refractivity contribution in [1.29, 1.82) is 0 Å². The van der Waals surface area contributed by atoms with E-state index in [9.17, 15) is 13.2 Å². The van der Waals surface area contributed by atoms with E-state index in [0.29, 0.717) is 32.0 Å². The maximum Gasteiger partial charge on any atom is 0.243 e. The van der Waals surface area contributed by atoms with E-state index in [4.69, 9.17) is 4.74 Å². The maximum atomic E-state index is 13.1. The van der Waals surface area contributed by atoms with Gasteiger partial charge in [0.25, 0.3) is 0 Å². The van der Waals surface area contributed by atoms with E-state index in [2.05, 4.69) is 10.2 Å². The fourth-order valence-electron chi connectivity index (χ4n) is 4.20. The minimum absolute atomic E-state index is 0.00763. The number of amides is 1. The van der Waals surface area contributed by atoms with Gasteiger partial charge < -0.3 is 15.0 Å². The third-order valence-corrected chi connectivity index (χ3v) is 8.15. The number of hydrogen-bond donors (Lipinski definition) is 1. The molecule has 2 saturated heterocycles. The molecule has 2 aliphatic heterocycles. The van der Waals surface area contributed by atoms with Crippen molar-refractivity contribution in [2.24, 2.45) is 5.92 Å². The smallest absolute Gasteiger partial charge is 0.243 e. The first kappa shape index (κ1) is 20.6. The topological polar surface area (TPSA) is 79.0 Å². The molecule has 3 fully saturated rings. The Kier molecular flexibility index (Phi) is 6.41. The van der Waals surface area contributed by atoms with Crippen LogP contribution in [0.4, 0.5) is 11.4 Å². The molecule has 2 heterocycles. The average molecular weight is 422 g/mol. The van der Waals surface area contributed by atoms with Crippen molar-refractivity contribution in [2.45, 2.75) is 49.8 Å². The highest BCUT2D eigenvalue weighted by molar-refractivity contribution is 7.89. The van der Waals surface area contributed by atoms with Crippen LogP contribution in [-0.4, -0.2) is 58.0 Å². The Morgan fingerprint density at radius 3 is 2.28 bits per heavy atom. The van der Waals surface area contributed by atoms with Crippen LogP contribution >= 0.6 is 0 Å². The number of hydrogen-bond acceptors (Lipinski definition) is 5. The minimum Gasteiger partial charge on any atom is -0.379 e. The number of carbonyl (C=O) groups is 1. The Morgan fingerprint density at radius 2 is 1.66 bits per heavy atom. The molecule has 1 amide bonds. The number of rotatable bonds is 5. The summed E-state index contributed by atoms with van der Waals surface area (Å²) >= 11 is 0. The summed E-state index contributed by atoms with van der Waals surface area (Å²) in [6.07, 6.45) is 7.57. The molecule has 8 heteroatoms. The number of nitrogens with one attached hydrogen (secondary N) is 1. The van der Waals surface area contributed by atoms with E-state index in [1.807, 2.05) is 6.07 Å². The molecule has 160 valence electrons. The Hall–Kier alpha value is -1.64. The van der Waals surface area contributed by atoms with Gasteiger partial charge >= 0.3 is 0 Å². The molecule has 29 heavy (non-hydrogen) atoms. The average Bonchev–Trinajstić information content (AvgIpc) is 2.96. The van der Waals surface area contributed by atoms with Crippen molar-refractivity contribution in [1.82, 2.24) is 4.31 Å². The number of carbonyl (C=O) groups excluding carboxylic acids is 1. The summed E-state index contributed by atoms with van der Waals surface area (Å²) in [5.41, 5.74) is 1.55. The fraction of sp³-hybridized carbons (Fsp3) is 0.667. The second-order valence-corrected chi connectivity index (χ2v) is 10.2. The molecule has 1 aromatic rings. The van der Waals surface area contributed by atoms with Gasteiger partial charge in [-0.1, -0.05) is 19.3 Å². The highest BCUT2D eigenvalue weighted by atomic mass is 32.2. The molecule has 0 spiro atoms. The summed E-state index contributed by atoms with van der Waals surface area (Å²) in [6, 6.07) is 5.21. The first-order valence-electron chi connectivity index (χ1n) is 10.8. The number of morpholine rings is 1. The summed E-state index contributed by atoms with van der Waals surface area (Å²) in [5, 5.41) is 3.06. The van der Waals surface area contributed by atoms with Gasteiger partial charge in [0.05, 0.1) is 29.5 Å². The van der Waals surface area contributed by atoms with Crippen LogP contribution < -0.4 is 10.2 Å². The van der Waals surface area contributed by atoms with E-state index in [1.165, 1.54) is 17.1 Å². The quantitative estimate of drug-likeness (QED) is 0.791. The number of nitrogens with zero attached hydrogens (tertiary/aromatic N) is 2. The highest BCUT2D eigenvalue weighted by Crippen LogP contribution is 2.34. The molecule has 0 radical (unpaired) electrons. The van der Waals surface area contributed by atoms with Gasteiger partial charge in [-0.3, -0.25) is 4.79 Å². The molecule has 0 aromatic heterocycles. The van der Waals surface area contributed by atoms with Gasteiger partial charge in [0.2, 0.25) is 15.9 Å². The second kappa shape index (κ2) is 9.02. The van der Waals surface area contributed by atoms with Crippen LogP contribution in [0.3, 0.4) is 0 Å². The van der Waals surface area contributed by atoms with E-state index in [1.54, 1.807) is 12.1 Å². The largest absolute Gasteiger partial charge is 0.379 e. The number of benzene rings is 1. The third-order valence-electron chi connectivity index (χ3n) is 6.26. The van der Waals surface area contributed by atoms with Crippen molar-refractivity contribution in [3.8, 4) is 0 Å². The van der Waals surface area contributed by atoms with Gasteiger partial charge in [0.15, 0.2) is 0 Å². The second-order valence-electron chi connectivity index (χ2n) is 8.21. The Morgan fingerprint density at radius 1 is 0.966 bits per heavy atom. The molecule has 1 saturated carbocycles. The van der Waals surface area contributed by atoms with Gasteiger partial charge in [-0.05, 0) is 43.9 Å². The lowest BCUT2D eigenvalue weighted by atomic mass is 9.85. The SMILES string of the molecule is O=C(Nc1cc(S(=O)(=O)N2CCOCC2)ccc1N1CCCCCC1)C1CCC1. The van der Waals surface area contributed by atoms with E-state index in [-0.39, 0.29) is 16.7 Å². The predicted molar refractivity (Wildman–Crippen MR) is 113 cm³/mol. The highest BCUT2D eigenvalue weighted by Gasteiger charge is 2.29. The van der Waals surface area contributed by atoms with Gasteiger partial charge in [0, 0.05) is 32.1 Å².